The van der Waals surface area contributed by atoms with Gasteiger partial charge in [0.25, 0.3) is 0 Å². The fraction of sp³-hybridized carbons (Fsp3) is 0.211. The van der Waals surface area contributed by atoms with Crippen molar-refractivity contribution in [1.82, 2.24) is 10.2 Å². The minimum absolute atomic E-state index is 0.0467. The van der Waals surface area contributed by atoms with Crippen molar-refractivity contribution in [3.63, 3.8) is 0 Å². The standard InChI is InChI=1S/C19H17N3O4/c1-25-16-8-6-15(7-9-16)22-17(19(24)26-20-22)18(23)21-11-10-13-4-2-3-5-14(13)12-21/h2-9H,10-12H2,1H3/p+1. The zero-order valence-electron chi connectivity index (χ0n) is 14.3. The first-order chi connectivity index (χ1) is 12.7. The number of carbonyl (C=O) groups is 1. The number of nitrogens with zero attached hydrogens (tertiary/aromatic N) is 2. The third kappa shape index (κ3) is 2.77. The van der Waals surface area contributed by atoms with Crippen LogP contribution in [-0.4, -0.2) is 29.7 Å². The van der Waals surface area contributed by atoms with E-state index >= 15 is 0 Å². The Hall–Kier alpha value is -3.35. The van der Waals surface area contributed by atoms with Crippen molar-refractivity contribution in [3.05, 3.63) is 75.8 Å². The van der Waals surface area contributed by atoms with E-state index in [0.717, 1.165) is 12.0 Å². The molecule has 1 aliphatic rings. The molecule has 0 unspecified atom stereocenters. The van der Waals surface area contributed by atoms with Crippen molar-refractivity contribution in [2.45, 2.75) is 13.0 Å². The zero-order chi connectivity index (χ0) is 18.1. The van der Waals surface area contributed by atoms with Gasteiger partial charge in [-0.3, -0.25) is 9.32 Å². The lowest BCUT2D eigenvalue weighted by Crippen LogP contribution is -2.47. The summed E-state index contributed by atoms with van der Waals surface area (Å²) in [5.74, 6) is 0.325. The summed E-state index contributed by atoms with van der Waals surface area (Å²) in [5.41, 5.74) is 2.21. The quantitative estimate of drug-likeness (QED) is 0.724. The van der Waals surface area contributed by atoms with Crippen LogP contribution < -0.4 is 15.0 Å². The topological polar surface area (TPSA) is 79.4 Å². The van der Waals surface area contributed by atoms with Crippen molar-refractivity contribution in [2.24, 2.45) is 0 Å². The molecule has 1 aliphatic heterocycles. The van der Waals surface area contributed by atoms with E-state index in [9.17, 15) is 9.59 Å². The summed E-state index contributed by atoms with van der Waals surface area (Å²) in [6.07, 6.45) is 0.764. The van der Waals surface area contributed by atoms with E-state index in [-0.39, 0.29) is 11.6 Å². The Morgan fingerprint density at radius 3 is 2.62 bits per heavy atom. The summed E-state index contributed by atoms with van der Waals surface area (Å²) in [6.45, 7) is 1.03. The summed E-state index contributed by atoms with van der Waals surface area (Å²) >= 11 is 0. The van der Waals surface area contributed by atoms with Gasteiger partial charge in [0.2, 0.25) is 5.69 Å². The van der Waals surface area contributed by atoms with E-state index in [4.69, 9.17) is 9.26 Å². The van der Waals surface area contributed by atoms with Gasteiger partial charge in [-0.1, -0.05) is 24.3 Å². The predicted octanol–water partition coefficient (Wildman–Crippen LogP) is 1.45. The van der Waals surface area contributed by atoms with Gasteiger partial charge >= 0.3 is 17.2 Å². The van der Waals surface area contributed by atoms with Crippen LogP contribution in [0.5, 0.6) is 5.75 Å². The van der Waals surface area contributed by atoms with Crippen LogP contribution >= 0.6 is 0 Å². The molecule has 4 rings (SSSR count). The number of hydrogen-bond donors (Lipinski definition) is 1. The second kappa shape index (κ2) is 6.51. The van der Waals surface area contributed by atoms with Gasteiger partial charge in [0, 0.05) is 25.2 Å². The Bertz CT molecular complexity index is 1000. The zero-order valence-corrected chi connectivity index (χ0v) is 14.3. The van der Waals surface area contributed by atoms with Gasteiger partial charge in [-0.05, 0) is 39.6 Å². The Kier molecular flexibility index (Phi) is 4.04. The number of H-pyrrole nitrogens is 1. The van der Waals surface area contributed by atoms with Crippen molar-refractivity contribution in [3.8, 4) is 11.4 Å². The van der Waals surface area contributed by atoms with Crippen molar-refractivity contribution >= 4 is 5.91 Å². The number of benzene rings is 2. The molecule has 7 heteroatoms. The molecule has 3 aromatic rings. The molecule has 0 saturated heterocycles. The molecule has 0 bridgehead atoms. The maximum absolute atomic E-state index is 13.0. The molecule has 0 atom stereocenters. The smallest absolute Gasteiger partial charge is 0.441 e. The third-order valence-electron chi connectivity index (χ3n) is 4.60. The number of ether oxygens (including phenoxy) is 1. The lowest BCUT2D eigenvalue weighted by atomic mass is 10.00. The number of rotatable bonds is 3. The summed E-state index contributed by atoms with van der Waals surface area (Å²) in [4.78, 5) is 26.9. The molecule has 1 amide bonds. The van der Waals surface area contributed by atoms with E-state index in [1.54, 1.807) is 36.3 Å². The molecule has 7 nitrogen and oxygen atoms in total. The van der Waals surface area contributed by atoms with Crippen LogP contribution in [0.1, 0.15) is 21.6 Å². The summed E-state index contributed by atoms with van der Waals surface area (Å²) in [6, 6.07) is 15.0. The SMILES string of the molecule is COc1ccc(-[n+]2[nH]oc(=O)c2C(=O)N2CCc3ccccc3C2)cc1. The van der Waals surface area contributed by atoms with Crippen LogP contribution in [0.15, 0.2) is 57.8 Å². The molecule has 0 radical (unpaired) electrons. The highest BCUT2D eigenvalue weighted by Gasteiger charge is 2.35. The summed E-state index contributed by atoms with van der Waals surface area (Å²) in [7, 11) is 1.57. The molecule has 2 aromatic carbocycles. The van der Waals surface area contributed by atoms with Crippen LogP contribution in [0.3, 0.4) is 0 Å². The Morgan fingerprint density at radius 1 is 1.15 bits per heavy atom. The second-order valence-corrected chi connectivity index (χ2v) is 6.11. The van der Waals surface area contributed by atoms with Gasteiger partial charge in [0.1, 0.15) is 5.75 Å². The van der Waals surface area contributed by atoms with E-state index in [2.05, 4.69) is 11.3 Å². The molecule has 0 aliphatic carbocycles. The first kappa shape index (κ1) is 16.1. The van der Waals surface area contributed by atoms with Crippen molar-refractivity contribution in [1.29, 1.82) is 0 Å². The summed E-state index contributed by atoms with van der Waals surface area (Å²) < 4.78 is 11.4. The van der Waals surface area contributed by atoms with Gasteiger partial charge in [0.15, 0.2) is 0 Å². The average Bonchev–Trinajstić information content (AvgIpc) is 3.08. The van der Waals surface area contributed by atoms with E-state index in [1.807, 2.05) is 18.2 Å². The highest BCUT2D eigenvalue weighted by atomic mass is 16.5. The Labute approximate surface area is 149 Å². The number of amides is 1. The predicted molar refractivity (Wildman–Crippen MR) is 92.3 cm³/mol. The number of aromatic nitrogens is 2. The molecule has 0 spiro atoms. The number of methoxy groups -OCH3 is 1. The second-order valence-electron chi connectivity index (χ2n) is 6.11. The molecule has 1 N–H and O–H groups in total. The lowest BCUT2D eigenvalue weighted by molar-refractivity contribution is -0.672. The van der Waals surface area contributed by atoms with E-state index < -0.39 is 5.63 Å². The molecule has 132 valence electrons. The highest BCUT2D eigenvalue weighted by molar-refractivity contribution is 5.90. The van der Waals surface area contributed by atoms with Gasteiger partial charge in [-0.15, -0.1) is 0 Å². The minimum atomic E-state index is -0.690. The highest BCUT2D eigenvalue weighted by Crippen LogP contribution is 2.19. The van der Waals surface area contributed by atoms with Crippen molar-refractivity contribution in [2.75, 3.05) is 13.7 Å². The van der Waals surface area contributed by atoms with Crippen LogP contribution in [0.25, 0.3) is 5.69 Å². The maximum Gasteiger partial charge on any atom is 0.441 e. The molecule has 26 heavy (non-hydrogen) atoms. The Morgan fingerprint density at radius 2 is 1.88 bits per heavy atom. The number of aromatic amines is 1. The fourth-order valence-corrected chi connectivity index (χ4v) is 3.19. The lowest BCUT2D eigenvalue weighted by Gasteiger charge is -2.27. The number of nitrogens with one attached hydrogen (secondary N) is 1. The van der Waals surface area contributed by atoms with E-state index in [0.29, 0.717) is 24.5 Å². The first-order valence-electron chi connectivity index (χ1n) is 8.31. The van der Waals surface area contributed by atoms with Gasteiger partial charge in [0.05, 0.1) is 7.11 Å². The fourth-order valence-electron chi connectivity index (χ4n) is 3.19. The monoisotopic (exact) mass is 352 g/mol. The number of carbonyl (C=O) groups excluding carboxylic acids is 1. The molecule has 0 fully saturated rings. The van der Waals surface area contributed by atoms with Crippen LogP contribution in [0, 0.1) is 0 Å². The van der Waals surface area contributed by atoms with Crippen LogP contribution in [0.2, 0.25) is 0 Å². The largest absolute Gasteiger partial charge is 0.497 e. The normalized spacial score (nSPS) is 13.3. The average molecular weight is 352 g/mol. The third-order valence-corrected chi connectivity index (χ3v) is 4.60. The van der Waals surface area contributed by atoms with Gasteiger partial charge in [-0.2, -0.15) is 0 Å². The molecular formula is C19H18N3O4+. The molecule has 2 heterocycles. The Balaban J connectivity index is 1.67. The van der Waals surface area contributed by atoms with Crippen LogP contribution in [0.4, 0.5) is 0 Å². The molecular weight excluding hydrogens is 334 g/mol. The summed E-state index contributed by atoms with van der Waals surface area (Å²) in [5, 5.41) is 2.51. The number of hydrogen-bond acceptors (Lipinski definition) is 4. The number of fused-ring (bicyclic) bond motifs is 1. The first-order valence-corrected chi connectivity index (χ1v) is 8.31. The van der Waals surface area contributed by atoms with Gasteiger partial charge < -0.3 is 9.64 Å². The van der Waals surface area contributed by atoms with Gasteiger partial charge in [-0.25, -0.2) is 4.79 Å². The van der Waals surface area contributed by atoms with E-state index in [1.165, 1.54) is 10.2 Å². The van der Waals surface area contributed by atoms with Crippen LogP contribution in [-0.2, 0) is 13.0 Å². The minimum Gasteiger partial charge on any atom is -0.497 e. The molecule has 1 aromatic heterocycles. The maximum atomic E-state index is 13.0. The van der Waals surface area contributed by atoms with Crippen molar-refractivity contribution < 1.29 is 18.7 Å². The molecule has 0 saturated carbocycles.